The number of quaternary nitrogens is 1. The molecule has 0 radical (unpaired) electrons. The maximum Gasteiger partial charge on any atom is 0.514 e. The first kappa shape index (κ1) is 47.9. The highest BCUT2D eigenvalue weighted by Gasteiger charge is 2.40. The quantitative estimate of drug-likeness (QED) is 0.0878. The minimum absolute atomic E-state index is 0. The molecule has 0 amide bonds. The molecule has 0 saturated heterocycles. The third kappa shape index (κ3) is 11.4. The molecule has 58 heavy (non-hydrogen) atoms. The molecular formula is C42H44ClF10NO4. The third-order valence-electron chi connectivity index (χ3n) is 9.52. The van der Waals surface area contributed by atoms with Gasteiger partial charge in [-0.3, -0.25) is 0 Å². The fraction of sp³-hybridized carbons (Fsp3) is 0.405. The van der Waals surface area contributed by atoms with E-state index in [4.69, 9.17) is 14.2 Å². The highest BCUT2D eigenvalue weighted by molar-refractivity contribution is 5.75. The van der Waals surface area contributed by atoms with Crippen molar-refractivity contribution < 1.29 is 80.6 Å². The molecule has 4 aromatic carbocycles. The first-order valence-corrected chi connectivity index (χ1v) is 18.0. The van der Waals surface area contributed by atoms with Gasteiger partial charge >= 0.3 is 24.7 Å². The number of benzene rings is 4. The van der Waals surface area contributed by atoms with Gasteiger partial charge in [0.1, 0.15) is 29.9 Å². The van der Waals surface area contributed by atoms with Crippen LogP contribution in [0.2, 0.25) is 0 Å². The molecule has 0 unspecified atom stereocenters. The van der Waals surface area contributed by atoms with Crippen LogP contribution in [0.5, 0.6) is 11.5 Å². The standard InChI is InChI=1S/C42H43F10NO4.ClH/c1-21(2)30-10-9-11-31(22(3)4)38(30)57-39(54)56-37(25-14-28(41(47,48)49)17-29(15-25)42(50,51)52)24(7)53-20-26-16-27(40(44,45)46)12-13-32(26)34-18-33(23(5)6)35(43)19-36(34)55-8;/h9-19,21-24,37,53H,20H2,1-8H3;1H/t24-,37-;/m0./s1. The van der Waals surface area contributed by atoms with Gasteiger partial charge in [0, 0.05) is 17.2 Å². The number of hydrogen-bond donors (Lipinski definition) is 1. The van der Waals surface area contributed by atoms with Gasteiger partial charge in [-0.2, -0.15) is 39.5 Å². The molecule has 0 spiro atoms. The molecule has 5 nitrogen and oxygen atoms in total. The fourth-order valence-electron chi connectivity index (χ4n) is 6.47. The predicted molar refractivity (Wildman–Crippen MR) is 193 cm³/mol. The van der Waals surface area contributed by atoms with Gasteiger partial charge in [0.25, 0.3) is 0 Å². The molecule has 4 rings (SSSR count). The summed E-state index contributed by atoms with van der Waals surface area (Å²) in [6.07, 6.45) is -18.6. The van der Waals surface area contributed by atoms with Crippen molar-refractivity contribution >= 4 is 6.16 Å². The van der Waals surface area contributed by atoms with E-state index in [1.807, 2.05) is 27.7 Å². The first-order valence-electron chi connectivity index (χ1n) is 18.0. The smallest absolute Gasteiger partial charge is 0.514 e. The van der Waals surface area contributed by atoms with Crippen LogP contribution in [0.25, 0.3) is 11.1 Å². The zero-order valence-corrected chi connectivity index (χ0v) is 33.6. The highest BCUT2D eigenvalue weighted by atomic mass is 35.5. The van der Waals surface area contributed by atoms with Gasteiger partial charge in [-0.1, -0.05) is 65.8 Å². The lowest BCUT2D eigenvalue weighted by atomic mass is 9.92. The number of carbonyl (C=O) groups excluding carboxylic acids is 1. The second kappa shape index (κ2) is 18.6. The Kier molecular flexibility index (Phi) is 15.4. The lowest BCUT2D eigenvalue weighted by molar-refractivity contribution is -0.708. The van der Waals surface area contributed by atoms with Crippen molar-refractivity contribution in [1.82, 2.24) is 0 Å². The second-order valence-electron chi connectivity index (χ2n) is 14.7. The SMILES string of the molecule is COc1cc(F)c(C(C)C)cc1-c1ccc(C(F)(F)F)cc1C[NH2+][C@@H](C)[C@H](OC(=O)Oc1c(C(C)C)cccc1C(C)C)c1cc(C(F)(F)F)cc(C(F)(F)F)c1.[Cl-]. The van der Waals surface area contributed by atoms with E-state index in [2.05, 4.69) is 0 Å². The molecule has 2 atom stereocenters. The number of halogens is 11. The van der Waals surface area contributed by atoms with E-state index in [0.717, 1.165) is 18.2 Å². The van der Waals surface area contributed by atoms with Crippen LogP contribution in [0.4, 0.5) is 48.7 Å². The number of ether oxygens (including phenoxy) is 3. The van der Waals surface area contributed by atoms with E-state index in [0.29, 0.717) is 23.3 Å². The molecular weight excluding hydrogens is 808 g/mol. The number of alkyl halides is 9. The number of rotatable bonds is 12. The van der Waals surface area contributed by atoms with E-state index < -0.39 is 64.9 Å². The zero-order valence-electron chi connectivity index (χ0n) is 32.8. The Morgan fingerprint density at radius 3 is 1.64 bits per heavy atom. The van der Waals surface area contributed by atoms with E-state index >= 15 is 0 Å². The van der Waals surface area contributed by atoms with Crippen molar-refractivity contribution in [3.63, 3.8) is 0 Å². The third-order valence-corrected chi connectivity index (χ3v) is 9.52. The van der Waals surface area contributed by atoms with Crippen molar-refractivity contribution in [3.05, 3.63) is 117 Å². The summed E-state index contributed by atoms with van der Waals surface area (Å²) in [6.45, 7) is 11.7. The van der Waals surface area contributed by atoms with Crippen LogP contribution in [-0.4, -0.2) is 19.3 Å². The molecule has 0 aliphatic heterocycles. The van der Waals surface area contributed by atoms with Crippen molar-refractivity contribution in [3.8, 4) is 22.6 Å². The van der Waals surface area contributed by atoms with Gasteiger partial charge < -0.3 is 31.9 Å². The summed E-state index contributed by atoms with van der Waals surface area (Å²) >= 11 is 0. The molecule has 0 aromatic heterocycles. The van der Waals surface area contributed by atoms with E-state index in [9.17, 15) is 48.7 Å². The molecule has 0 bridgehead atoms. The lowest BCUT2D eigenvalue weighted by Crippen LogP contribution is -3.00. The number of methoxy groups -OCH3 is 1. The molecule has 2 N–H and O–H groups in total. The zero-order chi connectivity index (χ0) is 42.8. The largest absolute Gasteiger partial charge is 1.00 e. The van der Waals surface area contributed by atoms with Gasteiger partial charge in [-0.15, -0.1) is 0 Å². The van der Waals surface area contributed by atoms with Gasteiger partial charge in [0.15, 0.2) is 6.10 Å². The van der Waals surface area contributed by atoms with Gasteiger partial charge in [-0.05, 0) is 88.9 Å². The molecule has 0 heterocycles. The molecule has 0 fully saturated rings. The summed E-state index contributed by atoms with van der Waals surface area (Å²) in [6, 6.07) is 10.0. The van der Waals surface area contributed by atoms with Crippen LogP contribution in [0, 0.1) is 5.82 Å². The normalized spacial score (nSPS) is 13.4. The maximum atomic E-state index is 14.9. The van der Waals surface area contributed by atoms with Crippen LogP contribution in [0.1, 0.15) is 117 Å². The van der Waals surface area contributed by atoms with Crippen molar-refractivity contribution in [2.24, 2.45) is 0 Å². The fourth-order valence-corrected chi connectivity index (χ4v) is 6.47. The lowest BCUT2D eigenvalue weighted by Gasteiger charge is -2.26. The number of nitrogens with two attached hydrogens (primary N) is 1. The van der Waals surface area contributed by atoms with Crippen molar-refractivity contribution in [1.29, 1.82) is 0 Å². The average Bonchev–Trinajstić information content (AvgIpc) is 3.11. The second-order valence-corrected chi connectivity index (χ2v) is 14.7. The first-order chi connectivity index (χ1) is 26.3. The molecule has 16 heteroatoms. The Hall–Kier alpha value is -4.50. The molecule has 0 saturated carbocycles. The summed E-state index contributed by atoms with van der Waals surface area (Å²) in [7, 11) is 1.25. The van der Waals surface area contributed by atoms with Crippen molar-refractivity contribution in [2.75, 3.05) is 7.11 Å². The maximum absolute atomic E-state index is 14.9. The predicted octanol–water partition coefficient (Wildman–Crippen LogP) is 9.34. The number of hydrogen-bond acceptors (Lipinski definition) is 4. The van der Waals surface area contributed by atoms with E-state index in [-0.39, 0.29) is 76.5 Å². The Morgan fingerprint density at radius 2 is 1.17 bits per heavy atom. The molecule has 0 aliphatic rings. The minimum atomic E-state index is -5.24. The topological polar surface area (TPSA) is 61.4 Å². The average molecular weight is 852 g/mol. The summed E-state index contributed by atoms with van der Waals surface area (Å²) in [5, 5.41) is 1.31. The summed E-state index contributed by atoms with van der Waals surface area (Å²) in [5.41, 5.74) is -3.24. The summed E-state index contributed by atoms with van der Waals surface area (Å²) in [5.74, 6) is -1.18. The minimum Gasteiger partial charge on any atom is -1.00 e. The Morgan fingerprint density at radius 1 is 0.655 bits per heavy atom. The van der Waals surface area contributed by atoms with E-state index in [1.165, 1.54) is 31.5 Å². The molecule has 4 aromatic rings. The number of carbonyl (C=O) groups is 1. The number of para-hydroxylation sites is 1. The molecule has 0 aliphatic carbocycles. The van der Waals surface area contributed by atoms with Crippen LogP contribution in [-0.2, 0) is 29.8 Å². The Bertz CT molecular complexity index is 2000. The van der Waals surface area contributed by atoms with Gasteiger partial charge in [0.05, 0.1) is 23.8 Å². The summed E-state index contributed by atoms with van der Waals surface area (Å²) in [4.78, 5) is 13.6. The van der Waals surface area contributed by atoms with Crippen LogP contribution < -0.4 is 27.2 Å². The summed E-state index contributed by atoms with van der Waals surface area (Å²) < 4.78 is 158. The van der Waals surface area contributed by atoms with Gasteiger partial charge in [0.2, 0.25) is 0 Å². The Balaban J connectivity index is 0.00000900. The van der Waals surface area contributed by atoms with Crippen LogP contribution in [0.3, 0.4) is 0 Å². The van der Waals surface area contributed by atoms with Crippen molar-refractivity contribution in [2.45, 2.75) is 103 Å². The van der Waals surface area contributed by atoms with E-state index in [1.54, 1.807) is 32.0 Å². The van der Waals surface area contributed by atoms with Gasteiger partial charge in [-0.25, -0.2) is 9.18 Å². The molecule has 318 valence electrons. The Labute approximate surface area is 336 Å². The van der Waals surface area contributed by atoms with Crippen LogP contribution >= 0.6 is 0 Å². The van der Waals surface area contributed by atoms with Crippen LogP contribution in [0.15, 0.2) is 66.7 Å². The monoisotopic (exact) mass is 851 g/mol. The highest BCUT2D eigenvalue weighted by Crippen LogP contribution is 2.41.